The Hall–Kier alpha value is -8.07. The average molecular weight is 906 g/mol. The number of amides is 2. The van der Waals surface area contributed by atoms with Gasteiger partial charge in [0.15, 0.2) is 6.29 Å². The fraction of sp³-hybridized carbons (Fsp3) is 0.311. The number of allylic oxidation sites excluding steroid dienone is 2. The SMILES string of the molecule is C=Nc1cc(C(N)=O)cc(OC)c1N(C/C=C/Cn1c(NC)nc2cc(C=O)cc(OC/C=C/Cn3cc(N)cn3)c21)CNC(=O)c1cc(C)nn1CC.CCn1nc(C)cc1C=O.CN. The molecule has 4 heterocycles. The van der Waals surface area contributed by atoms with Crippen LogP contribution in [0.2, 0.25) is 0 Å². The molecule has 8 N–H and O–H groups in total. The topological polar surface area (TPSA) is 276 Å². The smallest absolute Gasteiger partial charge is 0.270 e. The number of methoxy groups -OCH3 is 1. The first-order valence-corrected chi connectivity index (χ1v) is 20.9. The van der Waals surface area contributed by atoms with Crippen LogP contribution in [0.25, 0.3) is 11.0 Å². The first kappa shape index (κ1) is 50.6. The van der Waals surface area contributed by atoms with Gasteiger partial charge in [-0.1, -0.05) is 18.2 Å². The minimum Gasteiger partial charge on any atom is -0.494 e. The highest BCUT2D eigenvalue weighted by atomic mass is 16.5. The normalized spacial score (nSPS) is 10.8. The molecule has 0 saturated carbocycles. The number of benzene rings is 2. The number of nitrogens with zero attached hydrogens (tertiary/aromatic N) is 10. The maximum absolute atomic E-state index is 13.4. The van der Waals surface area contributed by atoms with Crippen LogP contribution in [-0.2, 0) is 26.2 Å². The zero-order valence-corrected chi connectivity index (χ0v) is 38.4. The second-order valence-corrected chi connectivity index (χ2v) is 14.1. The Morgan fingerprint density at radius 2 is 1.64 bits per heavy atom. The highest BCUT2D eigenvalue weighted by molar-refractivity contribution is 5.97. The lowest BCUT2D eigenvalue weighted by Gasteiger charge is -2.27. The third-order valence-electron chi connectivity index (χ3n) is 9.68. The van der Waals surface area contributed by atoms with Crippen molar-refractivity contribution in [1.29, 1.82) is 0 Å². The molecule has 0 radical (unpaired) electrons. The number of fused-ring (bicyclic) bond motifs is 1. The van der Waals surface area contributed by atoms with E-state index in [9.17, 15) is 19.2 Å². The number of rotatable bonds is 21. The standard InChI is InChI=1S/C37H44N12O5.C7H10N2O.CH5N/c1-6-49-30(15-24(2)45-49)36(52)42-23-46(33-28(40-3)18-26(35(39)51)19-31(33)53-5)11-7-8-13-48-34-29(44-37(48)41-4)16-25(22-50)17-32(34)54-14-10-9-12-47-21-27(38)20-43-47;1-3-9-7(5-10)4-6(2)8-9;1-2/h7-10,15-22H,3,6,11-14,23,38H2,1-2,4-5H3,(H2,39,51)(H,41,44)(H,42,52);4-5H,3H2,1-2H3;2H2,1H3/b8-7+,10-9+;;. The fourth-order valence-corrected chi connectivity index (χ4v) is 6.75. The number of nitrogens with one attached hydrogen (secondary N) is 2. The molecule has 4 aromatic heterocycles. The number of nitrogens with two attached hydrogens (primary N) is 3. The Balaban J connectivity index is 0.000000694. The van der Waals surface area contributed by atoms with Crippen LogP contribution >= 0.6 is 0 Å². The predicted octanol–water partition coefficient (Wildman–Crippen LogP) is 4.32. The molecule has 2 amide bonds. The van der Waals surface area contributed by atoms with E-state index < -0.39 is 5.91 Å². The van der Waals surface area contributed by atoms with Gasteiger partial charge in [0.05, 0.1) is 54.8 Å². The van der Waals surface area contributed by atoms with Gasteiger partial charge in [0, 0.05) is 50.6 Å². The Bertz CT molecular complexity index is 2670. The van der Waals surface area contributed by atoms with Gasteiger partial charge in [0.1, 0.15) is 47.0 Å². The van der Waals surface area contributed by atoms with E-state index in [0.29, 0.717) is 82.1 Å². The minimum absolute atomic E-state index is 0.0371. The summed E-state index contributed by atoms with van der Waals surface area (Å²) in [4.78, 5) is 58.3. The number of primary amides is 1. The van der Waals surface area contributed by atoms with E-state index in [1.807, 2.05) is 61.5 Å². The van der Waals surface area contributed by atoms with Crippen molar-refractivity contribution >= 4 is 65.1 Å². The fourth-order valence-electron chi connectivity index (χ4n) is 6.75. The molecule has 0 aliphatic carbocycles. The molecule has 0 saturated heterocycles. The van der Waals surface area contributed by atoms with Crippen molar-refractivity contribution < 1.29 is 28.7 Å². The molecule has 0 aliphatic heterocycles. The quantitative estimate of drug-likeness (QED) is 0.0291. The number of hydrogen-bond acceptors (Lipinski definition) is 15. The van der Waals surface area contributed by atoms with Gasteiger partial charge in [0.2, 0.25) is 11.9 Å². The highest BCUT2D eigenvalue weighted by Gasteiger charge is 2.22. The summed E-state index contributed by atoms with van der Waals surface area (Å²) in [5.74, 6) is 0.387. The number of hydrogen-bond donors (Lipinski definition) is 5. The first-order valence-electron chi connectivity index (χ1n) is 20.9. The first-order chi connectivity index (χ1) is 31.9. The molecule has 21 nitrogen and oxygen atoms in total. The van der Waals surface area contributed by atoms with Crippen LogP contribution < -0.4 is 42.2 Å². The summed E-state index contributed by atoms with van der Waals surface area (Å²) in [5, 5.41) is 18.7. The molecule has 0 spiro atoms. The molecule has 0 aliphatic rings. The van der Waals surface area contributed by atoms with E-state index in [4.69, 9.17) is 25.9 Å². The lowest BCUT2D eigenvalue weighted by atomic mass is 10.1. The van der Waals surface area contributed by atoms with E-state index in [2.05, 4.69) is 43.4 Å². The molecule has 350 valence electrons. The molecule has 66 heavy (non-hydrogen) atoms. The summed E-state index contributed by atoms with van der Waals surface area (Å²) >= 11 is 0. The van der Waals surface area contributed by atoms with Crippen molar-refractivity contribution in [3.63, 3.8) is 0 Å². The predicted molar refractivity (Wildman–Crippen MR) is 256 cm³/mol. The molecule has 21 heteroatoms. The van der Waals surface area contributed by atoms with E-state index in [1.54, 1.807) is 57.8 Å². The monoisotopic (exact) mass is 905 g/mol. The van der Waals surface area contributed by atoms with Crippen LogP contribution in [-0.4, -0.2) is 111 Å². The van der Waals surface area contributed by atoms with E-state index in [-0.39, 0.29) is 31.3 Å². The van der Waals surface area contributed by atoms with Crippen molar-refractivity contribution in [3.05, 3.63) is 107 Å². The Labute approximate surface area is 382 Å². The molecular weight excluding hydrogens is 847 g/mol. The van der Waals surface area contributed by atoms with Gasteiger partial charge < -0.3 is 46.8 Å². The van der Waals surface area contributed by atoms with Crippen molar-refractivity contribution in [2.75, 3.05) is 57.0 Å². The zero-order chi connectivity index (χ0) is 48.3. The summed E-state index contributed by atoms with van der Waals surface area (Å²) in [6, 6.07) is 9.93. The number of nitrogen functional groups attached to an aromatic ring is 1. The molecule has 0 fully saturated rings. The second-order valence-electron chi connectivity index (χ2n) is 14.1. The zero-order valence-electron chi connectivity index (χ0n) is 38.4. The highest BCUT2D eigenvalue weighted by Crippen LogP contribution is 2.39. The molecule has 0 bridgehead atoms. The average Bonchev–Trinajstić information content (AvgIpc) is 4.12. The second kappa shape index (κ2) is 24.7. The molecule has 0 unspecified atom stereocenters. The Kier molecular flexibility index (Phi) is 18.9. The summed E-state index contributed by atoms with van der Waals surface area (Å²) in [6.07, 6.45) is 12.5. The molecule has 6 aromatic rings. The van der Waals surface area contributed by atoms with Crippen LogP contribution in [0.4, 0.5) is 23.0 Å². The van der Waals surface area contributed by atoms with E-state index in [0.717, 1.165) is 30.5 Å². The third kappa shape index (κ3) is 12.8. The van der Waals surface area contributed by atoms with Crippen LogP contribution in [0, 0.1) is 13.8 Å². The number of anilines is 3. The summed E-state index contributed by atoms with van der Waals surface area (Å²) < 4.78 is 18.8. The Morgan fingerprint density at radius 3 is 2.24 bits per heavy atom. The lowest BCUT2D eigenvalue weighted by Crippen LogP contribution is -2.39. The number of carbonyl (C=O) groups is 4. The number of aldehydes is 2. The summed E-state index contributed by atoms with van der Waals surface area (Å²) in [5.41, 5.74) is 21.8. The molecular formula is C45H59N15O6. The maximum Gasteiger partial charge on any atom is 0.270 e. The largest absolute Gasteiger partial charge is 0.494 e. The molecule has 0 atom stereocenters. The van der Waals surface area contributed by atoms with Crippen molar-refractivity contribution in [3.8, 4) is 11.5 Å². The third-order valence-corrected chi connectivity index (χ3v) is 9.68. The Morgan fingerprint density at radius 1 is 0.924 bits per heavy atom. The summed E-state index contributed by atoms with van der Waals surface area (Å²) in [7, 11) is 4.73. The van der Waals surface area contributed by atoms with Gasteiger partial charge in [-0.3, -0.25) is 38.2 Å². The van der Waals surface area contributed by atoms with Crippen LogP contribution in [0.1, 0.15) is 66.9 Å². The number of carbonyl (C=O) groups excluding carboxylic acids is 4. The van der Waals surface area contributed by atoms with Gasteiger partial charge in [-0.15, -0.1) is 0 Å². The van der Waals surface area contributed by atoms with E-state index >= 15 is 0 Å². The van der Waals surface area contributed by atoms with Gasteiger partial charge in [0.25, 0.3) is 5.91 Å². The van der Waals surface area contributed by atoms with Crippen molar-refractivity contribution in [2.45, 2.75) is 53.9 Å². The van der Waals surface area contributed by atoms with Gasteiger partial charge in [-0.25, -0.2) is 4.98 Å². The van der Waals surface area contributed by atoms with Gasteiger partial charge >= 0.3 is 0 Å². The van der Waals surface area contributed by atoms with Crippen LogP contribution in [0.15, 0.2) is 78.1 Å². The number of aliphatic imine (C=N–C) groups is 1. The van der Waals surface area contributed by atoms with E-state index in [1.165, 1.54) is 26.3 Å². The number of ether oxygens (including phenoxy) is 2. The lowest BCUT2D eigenvalue weighted by molar-refractivity contribution is 0.0941. The van der Waals surface area contributed by atoms with Crippen molar-refractivity contribution in [2.24, 2.45) is 16.5 Å². The molecule has 6 rings (SSSR count). The van der Waals surface area contributed by atoms with Crippen molar-refractivity contribution in [1.82, 2.24) is 44.2 Å². The van der Waals surface area contributed by atoms with Gasteiger partial charge in [-0.05, 0) is 83.9 Å². The number of aromatic nitrogens is 8. The van der Waals surface area contributed by atoms with Crippen LogP contribution in [0.3, 0.4) is 0 Å². The maximum atomic E-state index is 13.4. The summed E-state index contributed by atoms with van der Waals surface area (Å²) in [6.45, 7) is 14.0. The van der Waals surface area contributed by atoms with Crippen LogP contribution in [0.5, 0.6) is 11.5 Å². The minimum atomic E-state index is -0.653. The molecule has 2 aromatic carbocycles. The number of aryl methyl sites for hydroxylation is 4. The number of imidazole rings is 1. The van der Waals surface area contributed by atoms with Gasteiger partial charge in [-0.2, -0.15) is 15.3 Å².